The fourth-order valence-electron chi connectivity index (χ4n) is 9.05. The molecule has 5 nitrogen and oxygen atoms in total. The first-order chi connectivity index (χ1) is 39.9. The van der Waals surface area contributed by atoms with E-state index >= 15 is 0 Å². The van der Waals surface area contributed by atoms with Gasteiger partial charge in [0, 0.05) is 28.9 Å². The van der Waals surface area contributed by atoms with E-state index in [1.165, 1.54) is 32.1 Å². The number of hydrogen-bond donors (Lipinski definition) is 4. The Morgan fingerprint density at radius 3 is 0.926 bits per heavy atom. The number of hydrogen-bond acceptors (Lipinski definition) is 5. The zero-order valence-corrected chi connectivity index (χ0v) is 53.5. The highest BCUT2D eigenvalue weighted by Gasteiger charge is 2.43. The monoisotopic (exact) mass is 1100 g/mol. The molecular formula is C76H109NO4. The summed E-state index contributed by atoms with van der Waals surface area (Å²) in [5.41, 5.74) is 13.7. The van der Waals surface area contributed by atoms with Gasteiger partial charge in [-0.25, -0.2) is 0 Å². The van der Waals surface area contributed by atoms with Gasteiger partial charge >= 0.3 is 0 Å². The first kappa shape index (κ1) is 76.5. The highest BCUT2D eigenvalue weighted by atomic mass is 16.5. The van der Waals surface area contributed by atoms with E-state index in [1.807, 2.05) is 307 Å². The van der Waals surface area contributed by atoms with Crippen LogP contribution in [0.15, 0.2) is 218 Å². The number of nitrogens with two attached hydrogens (primary N) is 1. The molecule has 5 heteroatoms. The van der Waals surface area contributed by atoms with Gasteiger partial charge < -0.3 is 25.8 Å². The number of rotatable bonds is 5. The molecule has 5 N–H and O–H groups in total. The highest BCUT2D eigenvalue weighted by molar-refractivity contribution is 5.82. The molecule has 0 unspecified atom stereocenters. The number of fused-ring (bicyclic) bond motifs is 5. The predicted molar refractivity (Wildman–Crippen MR) is 357 cm³/mol. The lowest BCUT2D eigenvalue weighted by atomic mass is 9.78. The fraction of sp³-hybridized carbons (Fsp3) is 0.368. The van der Waals surface area contributed by atoms with Crippen LogP contribution in [0.2, 0.25) is 0 Å². The van der Waals surface area contributed by atoms with Crippen LogP contribution in [0.25, 0.3) is 11.1 Å². The van der Waals surface area contributed by atoms with Crippen molar-refractivity contribution in [2.45, 2.75) is 174 Å². The van der Waals surface area contributed by atoms with Gasteiger partial charge in [-0.05, 0) is 64.3 Å². The van der Waals surface area contributed by atoms with Crippen molar-refractivity contribution in [1.29, 1.82) is 0 Å². The van der Waals surface area contributed by atoms with E-state index < -0.39 is 11.2 Å². The molecule has 0 radical (unpaired) electrons. The van der Waals surface area contributed by atoms with Crippen molar-refractivity contribution in [3.63, 3.8) is 0 Å². The molecule has 1 fully saturated rings. The van der Waals surface area contributed by atoms with Crippen molar-refractivity contribution in [1.82, 2.24) is 0 Å². The minimum atomic E-state index is -1.19. The SMILES string of the molecule is CC.CC.CC.CC.CC.CC.CC.CC.CC.NC(c1ccccc1)c1ccccc1.OC1(c2ccccc2)c2ccccc2-c2ccccc21.OC1(c2ccccc2)c2ccccc2Oc2ccccc21.OCC1CCCCC1. The molecule has 0 amide bonds. The lowest BCUT2D eigenvalue weighted by Crippen LogP contribution is -2.32. The number of ether oxygens (including phenoxy) is 1. The van der Waals surface area contributed by atoms with Crippen LogP contribution in [0.3, 0.4) is 0 Å². The quantitative estimate of drug-likeness (QED) is 0.138. The van der Waals surface area contributed by atoms with E-state index in [4.69, 9.17) is 15.6 Å². The third-order valence-electron chi connectivity index (χ3n) is 12.4. The van der Waals surface area contributed by atoms with Gasteiger partial charge in [0.05, 0.1) is 6.04 Å². The Morgan fingerprint density at radius 1 is 0.358 bits per heavy atom. The van der Waals surface area contributed by atoms with Crippen LogP contribution >= 0.6 is 0 Å². The summed E-state index contributed by atoms with van der Waals surface area (Å²) in [6.45, 7) is 36.4. The molecule has 8 aromatic rings. The Labute approximate surface area is 495 Å². The van der Waals surface area contributed by atoms with E-state index in [2.05, 4.69) is 36.4 Å². The Hall–Kier alpha value is -6.60. The molecule has 3 aliphatic rings. The summed E-state index contributed by atoms with van der Waals surface area (Å²) in [7, 11) is 0. The summed E-state index contributed by atoms with van der Waals surface area (Å²) in [5.74, 6) is 2.04. The minimum absolute atomic E-state index is 0.0163. The van der Waals surface area contributed by atoms with Gasteiger partial charge in [0.1, 0.15) is 22.7 Å². The molecule has 11 rings (SSSR count). The summed E-state index contributed by atoms with van der Waals surface area (Å²) < 4.78 is 5.93. The fourth-order valence-corrected chi connectivity index (χ4v) is 9.05. The van der Waals surface area contributed by atoms with Gasteiger partial charge in [-0.1, -0.05) is 350 Å². The van der Waals surface area contributed by atoms with E-state index in [0.717, 1.165) is 55.6 Å². The largest absolute Gasteiger partial charge is 0.457 e. The maximum Gasteiger partial charge on any atom is 0.147 e. The molecule has 1 aliphatic heterocycles. The van der Waals surface area contributed by atoms with Gasteiger partial charge in [0.2, 0.25) is 0 Å². The average Bonchev–Trinajstić information content (AvgIpc) is 4.11. The molecule has 81 heavy (non-hydrogen) atoms. The normalized spacial score (nSPS) is 12.2. The van der Waals surface area contributed by atoms with Crippen molar-refractivity contribution < 1.29 is 20.1 Å². The topological polar surface area (TPSA) is 95.9 Å². The first-order valence-electron chi connectivity index (χ1n) is 31.0. The molecule has 1 heterocycles. The smallest absolute Gasteiger partial charge is 0.147 e. The Bertz CT molecular complexity index is 2530. The second-order valence-corrected chi connectivity index (χ2v) is 16.3. The van der Waals surface area contributed by atoms with Gasteiger partial charge in [0.15, 0.2) is 0 Å². The summed E-state index contributed by atoms with van der Waals surface area (Å²) in [5, 5.41) is 31.7. The second-order valence-electron chi connectivity index (χ2n) is 16.3. The molecule has 0 atom stereocenters. The molecule has 0 aromatic heterocycles. The van der Waals surface area contributed by atoms with Crippen molar-refractivity contribution in [2.75, 3.05) is 6.61 Å². The lowest BCUT2D eigenvalue weighted by Gasteiger charge is -2.36. The van der Waals surface area contributed by atoms with Crippen LogP contribution in [0, 0.1) is 5.92 Å². The third kappa shape index (κ3) is 21.7. The average molecular weight is 1100 g/mol. The van der Waals surface area contributed by atoms with Gasteiger partial charge in [0.25, 0.3) is 0 Å². The van der Waals surface area contributed by atoms with Crippen LogP contribution in [0.4, 0.5) is 0 Å². The van der Waals surface area contributed by atoms with Crippen LogP contribution in [-0.4, -0.2) is 21.9 Å². The predicted octanol–water partition coefficient (Wildman–Crippen LogP) is 21.6. The van der Waals surface area contributed by atoms with Crippen molar-refractivity contribution >= 4 is 0 Å². The van der Waals surface area contributed by atoms with Crippen molar-refractivity contribution in [3.8, 4) is 22.6 Å². The van der Waals surface area contributed by atoms with Crippen LogP contribution in [0.1, 0.15) is 207 Å². The van der Waals surface area contributed by atoms with E-state index in [-0.39, 0.29) is 6.04 Å². The molecule has 8 aromatic carbocycles. The zero-order chi connectivity index (χ0) is 61.5. The lowest BCUT2D eigenvalue weighted by molar-refractivity contribution is 0.112. The molecule has 2 aliphatic carbocycles. The zero-order valence-electron chi connectivity index (χ0n) is 53.5. The summed E-state index contributed by atoms with van der Waals surface area (Å²) in [6, 6.07) is 71.3. The van der Waals surface area contributed by atoms with Gasteiger partial charge in [-0.2, -0.15) is 0 Å². The Kier molecular flexibility index (Phi) is 44.4. The van der Waals surface area contributed by atoms with Gasteiger partial charge in [-0.15, -0.1) is 0 Å². The maximum atomic E-state index is 11.6. The number of benzene rings is 8. The molecular weight excluding hydrogens is 991 g/mol. The van der Waals surface area contributed by atoms with E-state index in [9.17, 15) is 10.2 Å². The molecule has 0 spiro atoms. The number of aliphatic hydroxyl groups is 3. The summed E-state index contributed by atoms with van der Waals surface area (Å²) >= 11 is 0. The van der Waals surface area contributed by atoms with Gasteiger partial charge in [-0.3, -0.25) is 0 Å². The summed E-state index contributed by atoms with van der Waals surface area (Å²) in [4.78, 5) is 0. The van der Waals surface area contributed by atoms with E-state index in [1.54, 1.807) is 0 Å². The third-order valence-corrected chi connectivity index (χ3v) is 12.4. The number of aliphatic hydroxyl groups excluding tert-OH is 1. The molecule has 1 saturated carbocycles. The molecule has 0 bridgehead atoms. The Morgan fingerprint density at radius 2 is 0.617 bits per heavy atom. The highest BCUT2D eigenvalue weighted by Crippen LogP contribution is 2.51. The van der Waals surface area contributed by atoms with Crippen molar-refractivity contribution in [2.24, 2.45) is 11.7 Å². The van der Waals surface area contributed by atoms with Crippen molar-refractivity contribution in [3.05, 3.63) is 263 Å². The Balaban J connectivity index is 0. The number of para-hydroxylation sites is 2. The summed E-state index contributed by atoms with van der Waals surface area (Å²) in [6.07, 6.45) is 6.58. The molecule has 0 saturated heterocycles. The van der Waals surface area contributed by atoms with Crippen LogP contribution < -0.4 is 10.5 Å². The van der Waals surface area contributed by atoms with E-state index in [0.29, 0.717) is 24.0 Å². The molecule has 442 valence electrons. The van der Waals surface area contributed by atoms with Crippen LogP contribution in [-0.2, 0) is 11.2 Å². The van der Waals surface area contributed by atoms with Crippen LogP contribution in [0.5, 0.6) is 11.5 Å². The standard InChI is InChI=1S/C19H14O2.C19H14O.C13H13N.C7H14O.9C2H6/c20-19(14-8-2-1-3-9-14)15-10-4-6-12-17(15)21-18-13-7-5-11-16(18)19;20-19(14-8-2-1-3-9-14)17-12-6-4-10-15(17)16-11-5-7-13-18(16)19;14-13(11-7-3-1-4-8-11)12-9-5-2-6-10-12;8-6-7-4-2-1-3-5-7;9*1-2/h1-13,20H;1-13,20H;1-10,13H,14H2;7-8H,1-6H2;9*1-2H3. The minimum Gasteiger partial charge on any atom is -0.457 e. The second kappa shape index (κ2) is 47.1. The maximum absolute atomic E-state index is 11.6. The first-order valence-corrected chi connectivity index (χ1v) is 31.0.